The zero-order chi connectivity index (χ0) is 23.5. The Bertz CT molecular complexity index is 1160. The predicted molar refractivity (Wildman–Crippen MR) is 134 cm³/mol. The second-order valence-electron chi connectivity index (χ2n) is 9.21. The van der Waals surface area contributed by atoms with Gasteiger partial charge in [0.15, 0.2) is 0 Å². The predicted octanol–water partition coefficient (Wildman–Crippen LogP) is 6.09. The number of nitrogens with one attached hydrogen (secondary N) is 2. The van der Waals surface area contributed by atoms with Gasteiger partial charge in [-0.25, -0.2) is 9.59 Å². The van der Waals surface area contributed by atoms with Crippen LogP contribution in [-0.2, 0) is 4.74 Å². The van der Waals surface area contributed by atoms with Gasteiger partial charge in [-0.3, -0.25) is 0 Å². The minimum Gasteiger partial charge on any atom is -0.449 e. The van der Waals surface area contributed by atoms with Crippen LogP contribution in [0.4, 0.5) is 21.0 Å². The maximum absolute atomic E-state index is 13.1. The van der Waals surface area contributed by atoms with Crippen molar-refractivity contribution in [1.82, 2.24) is 9.88 Å². The maximum Gasteiger partial charge on any atom is 0.422 e. The van der Waals surface area contributed by atoms with Crippen LogP contribution in [0.3, 0.4) is 0 Å². The van der Waals surface area contributed by atoms with Gasteiger partial charge in [0.2, 0.25) is 0 Å². The highest BCUT2D eigenvalue weighted by Gasteiger charge is 2.32. The number of ether oxygens (including phenoxy) is 1. The van der Waals surface area contributed by atoms with Crippen molar-refractivity contribution in [2.45, 2.75) is 51.0 Å². The van der Waals surface area contributed by atoms with Crippen molar-refractivity contribution in [1.29, 1.82) is 0 Å². The number of H-pyrrole nitrogens is 1. The Morgan fingerprint density at radius 1 is 1.12 bits per heavy atom. The Labute approximate surface area is 200 Å². The minimum absolute atomic E-state index is 0.188. The number of para-hydroxylation sites is 1. The van der Waals surface area contributed by atoms with Crippen molar-refractivity contribution in [3.63, 3.8) is 0 Å². The fourth-order valence-corrected chi connectivity index (χ4v) is 5.48. The van der Waals surface area contributed by atoms with Crippen molar-refractivity contribution in [3.8, 4) is 0 Å². The summed E-state index contributed by atoms with van der Waals surface area (Å²) >= 11 is 0. The number of aromatic nitrogens is 1. The van der Waals surface area contributed by atoms with Gasteiger partial charge in [0.1, 0.15) is 0 Å². The third-order valence-electron chi connectivity index (χ3n) is 7.14. The van der Waals surface area contributed by atoms with E-state index in [4.69, 9.17) is 4.74 Å². The lowest BCUT2D eigenvalue weighted by atomic mass is 9.82. The number of amides is 3. The molecular weight excluding hydrogens is 428 g/mol. The van der Waals surface area contributed by atoms with E-state index in [-0.39, 0.29) is 6.61 Å². The Hall–Kier alpha value is -3.32. The number of imide groups is 1. The largest absolute Gasteiger partial charge is 0.449 e. The van der Waals surface area contributed by atoms with Crippen LogP contribution in [0.1, 0.15) is 50.5 Å². The first-order chi connectivity index (χ1) is 16.6. The van der Waals surface area contributed by atoms with Gasteiger partial charge in [-0.15, -0.1) is 0 Å². The number of hydrogen-bond acceptors (Lipinski definition) is 4. The van der Waals surface area contributed by atoms with Crippen LogP contribution in [0.2, 0.25) is 0 Å². The van der Waals surface area contributed by atoms with E-state index in [0.717, 1.165) is 28.8 Å². The van der Waals surface area contributed by atoms with Gasteiger partial charge < -0.3 is 19.9 Å². The molecule has 178 valence electrons. The van der Waals surface area contributed by atoms with E-state index in [0.29, 0.717) is 23.3 Å². The molecule has 0 radical (unpaired) electrons. The number of carbonyl (C=O) groups is 2. The van der Waals surface area contributed by atoms with E-state index >= 15 is 0 Å². The Kier molecular flexibility index (Phi) is 6.54. The first kappa shape index (κ1) is 22.5. The quantitative estimate of drug-likeness (QED) is 0.494. The lowest BCUT2D eigenvalue weighted by Crippen LogP contribution is -2.44. The summed E-state index contributed by atoms with van der Waals surface area (Å²) in [7, 11) is 0. The average molecular weight is 461 g/mol. The number of anilines is 2. The highest BCUT2D eigenvalue weighted by Crippen LogP contribution is 2.39. The molecule has 1 aromatic heterocycles. The fraction of sp³-hybridized carbons (Fsp3) is 0.407. The summed E-state index contributed by atoms with van der Waals surface area (Å²) in [6, 6.07) is 14.8. The van der Waals surface area contributed by atoms with E-state index in [9.17, 15) is 9.59 Å². The van der Waals surface area contributed by atoms with Gasteiger partial charge in [0.05, 0.1) is 12.3 Å². The molecule has 3 amide bonds. The van der Waals surface area contributed by atoms with E-state index in [2.05, 4.69) is 21.4 Å². The van der Waals surface area contributed by atoms with Crippen LogP contribution in [-0.4, -0.2) is 47.7 Å². The summed E-state index contributed by atoms with van der Waals surface area (Å²) in [5.74, 6) is 0.513. The second-order valence-corrected chi connectivity index (χ2v) is 9.21. The average Bonchev–Trinajstić information content (AvgIpc) is 3.28. The smallest absolute Gasteiger partial charge is 0.422 e. The number of carbonyl (C=O) groups excluding carboxylic acids is 2. The van der Waals surface area contributed by atoms with Crippen molar-refractivity contribution in [3.05, 3.63) is 60.3 Å². The van der Waals surface area contributed by atoms with E-state index in [1.54, 1.807) is 31.2 Å². The molecule has 7 nitrogen and oxygen atoms in total. The first-order valence-corrected chi connectivity index (χ1v) is 12.3. The third-order valence-corrected chi connectivity index (χ3v) is 7.14. The van der Waals surface area contributed by atoms with Crippen molar-refractivity contribution >= 4 is 34.4 Å². The molecule has 2 atom stereocenters. The van der Waals surface area contributed by atoms with E-state index in [1.165, 1.54) is 37.8 Å². The van der Waals surface area contributed by atoms with E-state index < -0.39 is 12.1 Å². The molecule has 2 aliphatic rings. The molecule has 5 rings (SSSR count). The number of hydrogen-bond donors (Lipinski definition) is 2. The molecule has 2 fully saturated rings. The second kappa shape index (κ2) is 9.89. The number of nitrogens with zero attached hydrogens (tertiary/aromatic N) is 2. The van der Waals surface area contributed by atoms with Gasteiger partial charge in [-0.2, -0.15) is 4.90 Å². The molecule has 0 aliphatic carbocycles. The fourth-order valence-electron chi connectivity index (χ4n) is 5.48. The SMILES string of the molecule is CCOC(=O)N(C(=O)Nc1ccc2[nH]cc(C3CCN4CCCCC4C3)c2c1)c1ccccc1. The van der Waals surface area contributed by atoms with Crippen LogP contribution in [0.15, 0.2) is 54.7 Å². The molecule has 34 heavy (non-hydrogen) atoms. The summed E-state index contributed by atoms with van der Waals surface area (Å²) < 4.78 is 5.13. The highest BCUT2D eigenvalue weighted by atomic mass is 16.6. The number of benzene rings is 2. The van der Waals surface area contributed by atoms with Crippen molar-refractivity contribution in [2.75, 3.05) is 29.9 Å². The van der Waals surface area contributed by atoms with Gasteiger partial charge >= 0.3 is 12.1 Å². The molecule has 3 aromatic rings. The lowest BCUT2D eigenvalue weighted by Gasteiger charge is -2.42. The molecule has 2 saturated heterocycles. The third kappa shape index (κ3) is 4.53. The number of fused-ring (bicyclic) bond motifs is 2. The summed E-state index contributed by atoms with van der Waals surface area (Å²) in [4.78, 5) is 32.8. The number of piperidine rings is 2. The Morgan fingerprint density at radius 2 is 1.97 bits per heavy atom. The zero-order valence-electron chi connectivity index (χ0n) is 19.6. The molecule has 0 saturated carbocycles. The first-order valence-electron chi connectivity index (χ1n) is 12.3. The summed E-state index contributed by atoms with van der Waals surface area (Å²) in [6.45, 7) is 4.30. The summed E-state index contributed by atoms with van der Waals surface area (Å²) in [5, 5.41) is 4.03. The van der Waals surface area contributed by atoms with Crippen molar-refractivity contribution < 1.29 is 14.3 Å². The monoisotopic (exact) mass is 460 g/mol. The van der Waals surface area contributed by atoms with Gasteiger partial charge in [0, 0.05) is 28.8 Å². The zero-order valence-corrected chi connectivity index (χ0v) is 19.6. The maximum atomic E-state index is 13.1. The van der Waals surface area contributed by atoms with E-state index in [1.807, 2.05) is 24.3 Å². The summed E-state index contributed by atoms with van der Waals surface area (Å²) in [5.41, 5.74) is 3.49. The molecule has 2 aliphatic heterocycles. The standard InChI is InChI=1S/C27H32N4O3/c1-2-34-27(33)31(21-8-4-3-5-9-21)26(32)29-20-11-12-25-23(17-20)24(18-28-25)19-13-15-30-14-7-6-10-22(30)16-19/h3-5,8-9,11-12,17-19,22,28H,2,6-7,10,13-16H2,1H3,(H,29,32). The number of rotatable bonds is 4. The van der Waals surface area contributed by atoms with Gasteiger partial charge in [0.25, 0.3) is 0 Å². The minimum atomic E-state index is -0.700. The number of aromatic amines is 1. The van der Waals surface area contributed by atoms with Crippen LogP contribution >= 0.6 is 0 Å². The van der Waals surface area contributed by atoms with Crippen LogP contribution in [0.25, 0.3) is 10.9 Å². The number of urea groups is 1. The molecule has 7 heteroatoms. The van der Waals surface area contributed by atoms with Crippen LogP contribution in [0.5, 0.6) is 0 Å². The van der Waals surface area contributed by atoms with Crippen LogP contribution < -0.4 is 10.2 Å². The van der Waals surface area contributed by atoms with Crippen LogP contribution in [0, 0.1) is 0 Å². The summed E-state index contributed by atoms with van der Waals surface area (Å²) in [6.07, 6.45) is 7.73. The molecule has 3 heterocycles. The highest BCUT2D eigenvalue weighted by molar-refractivity contribution is 6.16. The van der Waals surface area contributed by atoms with Gasteiger partial charge in [-0.1, -0.05) is 24.6 Å². The normalized spacial score (nSPS) is 20.5. The topological polar surface area (TPSA) is 77.7 Å². The Balaban J connectivity index is 1.38. The van der Waals surface area contributed by atoms with Gasteiger partial charge in [-0.05, 0) is 87.5 Å². The molecule has 2 N–H and O–H groups in total. The van der Waals surface area contributed by atoms with Crippen molar-refractivity contribution in [2.24, 2.45) is 0 Å². The lowest BCUT2D eigenvalue weighted by molar-refractivity contribution is 0.0977. The molecule has 0 spiro atoms. The molecule has 2 aromatic carbocycles. The Morgan fingerprint density at radius 3 is 2.79 bits per heavy atom. The molecule has 0 bridgehead atoms. The molecular formula is C27H32N4O3. The molecule has 2 unspecified atom stereocenters.